The van der Waals surface area contributed by atoms with Crippen molar-refractivity contribution in [3.05, 3.63) is 120 Å². The average molecular weight is 653 g/mol. The number of carboxylic acids is 2. The number of carbonyl (C=O) groups is 4. The molecule has 252 valence electrons. The number of carboxylic acid groups (broad SMARTS) is 2. The Hall–Kier alpha value is -5.12. The Morgan fingerprint density at radius 1 is 0.542 bits per heavy atom. The van der Waals surface area contributed by atoms with Crippen LogP contribution in [0.1, 0.15) is 48.9 Å². The maximum Gasteiger partial charge on any atom is 0.308 e. The minimum absolute atomic E-state index is 0.228. The molecular formula is C38H44N4O6. The van der Waals surface area contributed by atoms with Gasteiger partial charge in [0.2, 0.25) is 11.8 Å². The summed E-state index contributed by atoms with van der Waals surface area (Å²) in [5.41, 5.74) is 3.92. The largest absolute Gasteiger partial charge is 0.481 e. The average Bonchev–Trinajstić information content (AvgIpc) is 3.76. The third kappa shape index (κ3) is 7.87. The molecule has 0 radical (unpaired) electrons. The van der Waals surface area contributed by atoms with Crippen LogP contribution >= 0.6 is 0 Å². The van der Waals surface area contributed by atoms with Crippen LogP contribution in [0.25, 0.3) is 0 Å². The molecule has 2 aromatic carbocycles. The van der Waals surface area contributed by atoms with Crippen LogP contribution in [0.4, 0.5) is 0 Å². The molecule has 48 heavy (non-hydrogen) atoms. The topological polar surface area (TPSA) is 125 Å². The van der Waals surface area contributed by atoms with Gasteiger partial charge in [0, 0.05) is 64.1 Å². The zero-order chi connectivity index (χ0) is 34.2. The van der Waals surface area contributed by atoms with E-state index in [1.165, 1.54) is 0 Å². The molecule has 1 saturated carbocycles. The summed E-state index contributed by atoms with van der Waals surface area (Å²) in [6, 6.07) is 23.6. The van der Waals surface area contributed by atoms with Gasteiger partial charge in [-0.25, -0.2) is 0 Å². The maximum absolute atomic E-state index is 14.2. The van der Waals surface area contributed by atoms with Crippen molar-refractivity contribution in [1.29, 1.82) is 0 Å². The maximum atomic E-state index is 14.2. The van der Waals surface area contributed by atoms with Crippen LogP contribution < -0.4 is 0 Å². The number of carbonyl (C=O) groups excluding carboxylic acids is 2. The Morgan fingerprint density at radius 3 is 1.15 bits per heavy atom. The Balaban J connectivity index is 1.35. The number of rotatable bonds is 16. The van der Waals surface area contributed by atoms with Gasteiger partial charge >= 0.3 is 11.9 Å². The highest BCUT2D eigenvalue weighted by atomic mass is 16.4. The van der Waals surface area contributed by atoms with Crippen LogP contribution in [0.15, 0.2) is 97.6 Å². The molecule has 2 N–H and O–H groups in total. The second-order valence-electron chi connectivity index (χ2n) is 12.6. The van der Waals surface area contributed by atoms with E-state index in [1.54, 1.807) is 9.80 Å². The highest BCUT2D eigenvalue weighted by Crippen LogP contribution is 2.49. The van der Waals surface area contributed by atoms with Crippen molar-refractivity contribution in [2.75, 3.05) is 13.1 Å². The molecule has 4 atom stereocenters. The minimum Gasteiger partial charge on any atom is -0.481 e. The number of amides is 2. The minimum atomic E-state index is -1.50. The summed E-state index contributed by atoms with van der Waals surface area (Å²) in [6.07, 6.45) is 9.17. The smallest absolute Gasteiger partial charge is 0.308 e. The summed E-state index contributed by atoms with van der Waals surface area (Å²) in [4.78, 5) is 56.5. The van der Waals surface area contributed by atoms with Gasteiger partial charge in [0.15, 0.2) is 0 Å². The van der Waals surface area contributed by atoms with E-state index in [1.807, 2.05) is 111 Å². The molecule has 0 spiro atoms. The van der Waals surface area contributed by atoms with Crippen molar-refractivity contribution in [2.45, 2.75) is 52.9 Å². The van der Waals surface area contributed by atoms with Gasteiger partial charge in [0.05, 0.1) is 23.7 Å². The number of aliphatic carboxylic acids is 2. The van der Waals surface area contributed by atoms with Crippen molar-refractivity contribution in [1.82, 2.24) is 18.9 Å². The first kappa shape index (κ1) is 34.2. The fraction of sp³-hybridized carbons (Fsp3) is 0.368. The number of hydrogen-bond donors (Lipinski definition) is 2. The summed E-state index contributed by atoms with van der Waals surface area (Å²) in [6.45, 7) is 6.41. The zero-order valence-electron chi connectivity index (χ0n) is 27.5. The summed E-state index contributed by atoms with van der Waals surface area (Å²) in [7, 11) is 0. The molecule has 0 saturated heterocycles. The van der Waals surface area contributed by atoms with E-state index in [-0.39, 0.29) is 13.1 Å². The van der Waals surface area contributed by atoms with Crippen LogP contribution in [-0.4, -0.2) is 66.0 Å². The molecule has 4 unspecified atom stereocenters. The van der Waals surface area contributed by atoms with Crippen molar-refractivity contribution in [3.63, 3.8) is 0 Å². The lowest BCUT2D eigenvalue weighted by molar-refractivity contribution is -0.187. The van der Waals surface area contributed by atoms with E-state index in [2.05, 4.69) is 9.13 Å². The Morgan fingerprint density at radius 2 is 0.854 bits per heavy atom. The van der Waals surface area contributed by atoms with Crippen LogP contribution in [0.3, 0.4) is 0 Å². The van der Waals surface area contributed by atoms with E-state index >= 15 is 0 Å². The van der Waals surface area contributed by atoms with Gasteiger partial charge in [0.25, 0.3) is 0 Å². The van der Waals surface area contributed by atoms with Crippen molar-refractivity contribution in [3.8, 4) is 0 Å². The van der Waals surface area contributed by atoms with Crippen LogP contribution in [0.2, 0.25) is 0 Å². The summed E-state index contributed by atoms with van der Waals surface area (Å²) >= 11 is 0. The molecule has 4 aromatic rings. The molecule has 0 bridgehead atoms. The highest BCUT2D eigenvalue weighted by molar-refractivity contribution is 5.99. The molecule has 2 heterocycles. The SMILES string of the molecule is CCCN(Cc1ccc(Cn2cccc2)cc1)C(=O)C1C(C(=O)O)C(C(=O)O)C1C(=O)N(CCC)Cc1ccc(Cn2cccc2)cc1. The Kier molecular flexibility index (Phi) is 11.2. The van der Waals surface area contributed by atoms with E-state index in [4.69, 9.17) is 0 Å². The first-order chi connectivity index (χ1) is 23.2. The van der Waals surface area contributed by atoms with Gasteiger partial charge in [-0.1, -0.05) is 62.4 Å². The van der Waals surface area contributed by atoms with Crippen LogP contribution in [-0.2, 0) is 45.4 Å². The second-order valence-corrected chi connectivity index (χ2v) is 12.6. The first-order valence-electron chi connectivity index (χ1n) is 16.6. The summed E-state index contributed by atoms with van der Waals surface area (Å²) < 4.78 is 4.12. The first-order valence-corrected chi connectivity index (χ1v) is 16.6. The lowest BCUT2D eigenvalue weighted by Gasteiger charge is -2.48. The number of benzene rings is 2. The van der Waals surface area contributed by atoms with Crippen LogP contribution in [0, 0.1) is 23.7 Å². The quantitative estimate of drug-likeness (QED) is 0.171. The van der Waals surface area contributed by atoms with Crippen molar-refractivity contribution >= 4 is 23.8 Å². The van der Waals surface area contributed by atoms with Gasteiger partial charge in [-0.05, 0) is 59.4 Å². The lowest BCUT2D eigenvalue weighted by atomic mass is 9.55. The normalized spacial score (nSPS) is 18.5. The molecule has 1 aliphatic rings. The molecule has 1 fully saturated rings. The van der Waals surface area contributed by atoms with E-state index in [0.717, 1.165) is 22.3 Å². The standard InChI is InChI=1S/C38H44N4O6/c1-3-17-41(25-29-13-9-27(10-14-29)23-39-19-5-6-20-39)35(43)31-32(34(38(47)48)33(31)37(45)46)36(44)42(18-4-2)26-30-15-11-28(12-16-30)24-40-21-7-8-22-40/h5-16,19-22,31-34H,3-4,17-18,23-26H2,1-2H3,(H,45,46)(H,47,48). The predicted molar refractivity (Wildman–Crippen MR) is 181 cm³/mol. The molecule has 10 nitrogen and oxygen atoms in total. The molecular weight excluding hydrogens is 608 g/mol. The third-order valence-corrected chi connectivity index (χ3v) is 9.15. The number of hydrogen-bond acceptors (Lipinski definition) is 4. The Labute approximate surface area is 281 Å². The number of aromatic nitrogens is 2. The fourth-order valence-corrected chi connectivity index (χ4v) is 6.79. The van der Waals surface area contributed by atoms with Gasteiger partial charge in [-0.15, -0.1) is 0 Å². The molecule has 0 aliphatic heterocycles. The van der Waals surface area contributed by atoms with Gasteiger partial charge in [-0.2, -0.15) is 0 Å². The molecule has 2 aromatic heterocycles. The van der Waals surface area contributed by atoms with E-state index < -0.39 is 47.4 Å². The van der Waals surface area contributed by atoms with Crippen LogP contribution in [0.5, 0.6) is 0 Å². The summed E-state index contributed by atoms with van der Waals surface area (Å²) in [5.74, 6) is -9.30. The summed E-state index contributed by atoms with van der Waals surface area (Å²) in [5, 5.41) is 20.3. The molecule has 5 rings (SSSR count). The lowest BCUT2D eigenvalue weighted by Crippen LogP contribution is -2.64. The molecule has 2 amide bonds. The third-order valence-electron chi connectivity index (χ3n) is 9.15. The van der Waals surface area contributed by atoms with Gasteiger partial charge in [0.1, 0.15) is 0 Å². The number of nitrogens with zero attached hydrogens (tertiary/aromatic N) is 4. The Bertz CT molecular complexity index is 1540. The van der Waals surface area contributed by atoms with Crippen molar-refractivity contribution < 1.29 is 29.4 Å². The monoisotopic (exact) mass is 652 g/mol. The molecule has 10 heteroatoms. The zero-order valence-corrected chi connectivity index (χ0v) is 27.5. The van der Waals surface area contributed by atoms with Gasteiger partial charge in [-0.3, -0.25) is 19.2 Å². The van der Waals surface area contributed by atoms with Crippen molar-refractivity contribution in [2.24, 2.45) is 23.7 Å². The fourth-order valence-electron chi connectivity index (χ4n) is 6.79. The second kappa shape index (κ2) is 15.6. The van der Waals surface area contributed by atoms with E-state index in [0.29, 0.717) is 39.0 Å². The van der Waals surface area contributed by atoms with E-state index in [9.17, 15) is 29.4 Å². The van der Waals surface area contributed by atoms with Gasteiger partial charge < -0.3 is 29.1 Å². The molecule has 1 aliphatic carbocycles. The highest BCUT2D eigenvalue weighted by Gasteiger charge is 2.64. The predicted octanol–water partition coefficient (Wildman–Crippen LogP) is 5.21.